The first-order valence-corrected chi connectivity index (χ1v) is 6.85. The molecule has 0 saturated heterocycles. The molecule has 6 heteroatoms. The summed E-state index contributed by atoms with van der Waals surface area (Å²) in [4.78, 5) is 21.5. The molecule has 0 unspecified atom stereocenters. The number of carboxylic acids is 1. The lowest BCUT2D eigenvalue weighted by Crippen LogP contribution is -2.26. The highest BCUT2D eigenvalue weighted by molar-refractivity contribution is 7.99. The Kier molecular flexibility index (Phi) is 9.95. The van der Waals surface area contributed by atoms with Crippen LogP contribution in [-0.2, 0) is 14.3 Å². The highest BCUT2D eigenvalue weighted by Gasteiger charge is 2.02. The fourth-order valence-electron chi connectivity index (χ4n) is 1.06. The number of ether oxygens (including phenoxy) is 1. The van der Waals surface area contributed by atoms with Gasteiger partial charge < -0.3 is 15.2 Å². The van der Waals surface area contributed by atoms with Crippen LogP contribution in [0.4, 0.5) is 0 Å². The van der Waals surface area contributed by atoms with E-state index < -0.39 is 5.97 Å². The standard InChI is InChI=1S/C11H21NO4S/c1-9(2)16-6-3-4-10(13)12-5-7-17-8-11(14)15/h9H,3-8H2,1-2H3,(H,12,13)(H,14,15). The van der Waals surface area contributed by atoms with Crippen LogP contribution >= 0.6 is 11.8 Å². The molecule has 0 bridgehead atoms. The van der Waals surface area contributed by atoms with Gasteiger partial charge in [-0.2, -0.15) is 0 Å². The van der Waals surface area contributed by atoms with Crippen LogP contribution in [0.3, 0.4) is 0 Å². The Morgan fingerprint density at radius 2 is 2.12 bits per heavy atom. The van der Waals surface area contributed by atoms with E-state index in [2.05, 4.69) is 5.32 Å². The van der Waals surface area contributed by atoms with E-state index in [0.717, 1.165) is 0 Å². The highest BCUT2D eigenvalue weighted by atomic mass is 32.2. The quantitative estimate of drug-likeness (QED) is 0.578. The van der Waals surface area contributed by atoms with Crippen molar-refractivity contribution in [1.29, 1.82) is 0 Å². The van der Waals surface area contributed by atoms with Gasteiger partial charge in [0.15, 0.2) is 0 Å². The Bertz CT molecular complexity index is 234. The van der Waals surface area contributed by atoms with E-state index in [4.69, 9.17) is 9.84 Å². The topological polar surface area (TPSA) is 75.6 Å². The predicted octanol–water partition coefficient (Wildman–Crippen LogP) is 1.13. The molecule has 0 rings (SSSR count). The van der Waals surface area contributed by atoms with Crippen molar-refractivity contribution < 1.29 is 19.4 Å². The SMILES string of the molecule is CC(C)OCCCC(=O)NCCSCC(=O)O. The molecule has 17 heavy (non-hydrogen) atoms. The maximum Gasteiger partial charge on any atom is 0.313 e. The van der Waals surface area contributed by atoms with E-state index in [9.17, 15) is 9.59 Å². The first-order chi connectivity index (χ1) is 8.02. The Labute approximate surface area is 106 Å². The van der Waals surface area contributed by atoms with Crippen molar-refractivity contribution in [3.05, 3.63) is 0 Å². The summed E-state index contributed by atoms with van der Waals surface area (Å²) in [6, 6.07) is 0. The van der Waals surface area contributed by atoms with Gasteiger partial charge in [-0.15, -0.1) is 11.8 Å². The van der Waals surface area contributed by atoms with Gasteiger partial charge in [-0.1, -0.05) is 0 Å². The number of hydrogen-bond acceptors (Lipinski definition) is 4. The average Bonchev–Trinajstić information content (AvgIpc) is 2.23. The minimum absolute atomic E-state index is 0.00622. The molecule has 2 N–H and O–H groups in total. The Balaban J connectivity index is 3.26. The van der Waals surface area contributed by atoms with Crippen molar-refractivity contribution >= 4 is 23.6 Å². The lowest BCUT2D eigenvalue weighted by Gasteiger charge is -2.07. The van der Waals surface area contributed by atoms with Gasteiger partial charge >= 0.3 is 5.97 Å². The van der Waals surface area contributed by atoms with Gasteiger partial charge in [0.25, 0.3) is 0 Å². The van der Waals surface area contributed by atoms with Gasteiger partial charge in [0.05, 0.1) is 11.9 Å². The summed E-state index contributed by atoms with van der Waals surface area (Å²) in [6.07, 6.45) is 1.37. The van der Waals surface area contributed by atoms with Gasteiger partial charge in [-0.3, -0.25) is 9.59 Å². The zero-order valence-electron chi connectivity index (χ0n) is 10.4. The molecule has 0 aliphatic heterocycles. The largest absolute Gasteiger partial charge is 0.481 e. The molecular formula is C11H21NO4S. The molecule has 100 valence electrons. The second kappa shape index (κ2) is 10.4. The molecule has 0 heterocycles. The van der Waals surface area contributed by atoms with Crippen molar-refractivity contribution in [2.45, 2.75) is 32.8 Å². The third kappa shape index (κ3) is 13.2. The molecule has 5 nitrogen and oxygen atoms in total. The lowest BCUT2D eigenvalue weighted by atomic mass is 10.3. The number of amides is 1. The number of hydrogen-bond donors (Lipinski definition) is 2. The van der Waals surface area contributed by atoms with Crippen molar-refractivity contribution in [2.24, 2.45) is 0 Å². The fraction of sp³-hybridized carbons (Fsp3) is 0.818. The maximum atomic E-state index is 11.3. The van der Waals surface area contributed by atoms with E-state index in [-0.39, 0.29) is 17.8 Å². The molecule has 0 aromatic carbocycles. The van der Waals surface area contributed by atoms with E-state index >= 15 is 0 Å². The summed E-state index contributed by atoms with van der Waals surface area (Å²) in [7, 11) is 0. The smallest absolute Gasteiger partial charge is 0.313 e. The van der Waals surface area contributed by atoms with Crippen LogP contribution in [0.1, 0.15) is 26.7 Å². The van der Waals surface area contributed by atoms with Crippen molar-refractivity contribution in [2.75, 3.05) is 24.7 Å². The van der Waals surface area contributed by atoms with E-state index in [1.807, 2.05) is 13.8 Å². The van der Waals surface area contributed by atoms with Crippen LogP contribution in [0.5, 0.6) is 0 Å². The summed E-state index contributed by atoms with van der Waals surface area (Å²) in [5.74, 6) is -0.126. The summed E-state index contributed by atoms with van der Waals surface area (Å²) < 4.78 is 5.31. The maximum absolute atomic E-state index is 11.3. The number of rotatable bonds is 10. The number of aliphatic carboxylic acids is 1. The number of carbonyl (C=O) groups is 2. The number of nitrogens with one attached hydrogen (secondary N) is 1. The summed E-state index contributed by atoms with van der Waals surface area (Å²) in [5.41, 5.74) is 0. The van der Waals surface area contributed by atoms with Gasteiger partial charge in [0.1, 0.15) is 0 Å². The molecule has 0 aromatic rings. The molecule has 0 aromatic heterocycles. The Hall–Kier alpha value is -0.750. The van der Waals surface area contributed by atoms with E-state index in [0.29, 0.717) is 31.7 Å². The zero-order chi connectivity index (χ0) is 13.1. The molecule has 0 aliphatic rings. The van der Waals surface area contributed by atoms with Gasteiger partial charge in [-0.25, -0.2) is 0 Å². The van der Waals surface area contributed by atoms with E-state index in [1.165, 1.54) is 11.8 Å². The van der Waals surface area contributed by atoms with Gasteiger partial charge in [0.2, 0.25) is 5.91 Å². The monoisotopic (exact) mass is 263 g/mol. The van der Waals surface area contributed by atoms with Crippen LogP contribution in [0.2, 0.25) is 0 Å². The summed E-state index contributed by atoms with van der Waals surface area (Å²) in [5, 5.41) is 11.1. The van der Waals surface area contributed by atoms with Crippen LogP contribution in [-0.4, -0.2) is 47.7 Å². The second-order valence-corrected chi connectivity index (χ2v) is 4.92. The highest BCUT2D eigenvalue weighted by Crippen LogP contribution is 1.98. The predicted molar refractivity (Wildman–Crippen MR) is 68.3 cm³/mol. The van der Waals surface area contributed by atoms with Crippen LogP contribution in [0.15, 0.2) is 0 Å². The Morgan fingerprint density at radius 1 is 1.41 bits per heavy atom. The van der Waals surface area contributed by atoms with Gasteiger partial charge in [0, 0.05) is 25.3 Å². The van der Waals surface area contributed by atoms with Crippen molar-refractivity contribution in [1.82, 2.24) is 5.32 Å². The van der Waals surface area contributed by atoms with Crippen molar-refractivity contribution in [3.63, 3.8) is 0 Å². The number of carboxylic acid groups (broad SMARTS) is 1. The molecule has 0 saturated carbocycles. The molecule has 0 fully saturated rings. The Morgan fingerprint density at radius 3 is 2.71 bits per heavy atom. The van der Waals surface area contributed by atoms with Crippen molar-refractivity contribution in [3.8, 4) is 0 Å². The van der Waals surface area contributed by atoms with Crippen LogP contribution in [0.25, 0.3) is 0 Å². The third-order valence-corrected chi connectivity index (χ3v) is 2.74. The second-order valence-electron chi connectivity index (χ2n) is 3.82. The average molecular weight is 263 g/mol. The summed E-state index contributed by atoms with van der Waals surface area (Å²) in [6.45, 7) is 5.03. The minimum atomic E-state index is -0.827. The first-order valence-electron chi connectivity index (χ1n) is 5.70. The molecule has 0 spiro atoms. The minimum Gasteiger partial charge on any atom is -0.481 e. The normalized spacial score (nSPS) is 10.5. The molecular weight excluding hydrogens is 242 g/mol. The van der Waals surface area contributed by atoms with Crippen LogP contribution < -0.4 is 5.32 Å². The number of carbonyl (C=O) groups excluding carboxylic acids is 1. The lowest BCUT2D eigenvalue weighted by molar-refractivity contribution is -0.133. The summed E-state index contributed by atoms with van der Waals surface area (Å²) >= 11 is 1.30. The first kappa shape index (κ1) is 16.2. The molecule has 0 aliphatic carbocycles. The van der Waals surface area contributed by atoms with Gasteiger partial charge in [-0.05, 0) is 20.3 Å². The fourth-order valence-corrected chi connectivity index (χ4v) is 1.63. The van der Waals surface area contributed by atoms with Crippen LogP contribution in [0, 0.1) is 0 Å². The molecule has 0 radical (unpaired) electrons. The molecule has 1 amide bonds. The third-order valence-electron chi connectivity index (χ3n) is 1.79. The van der Waals surface area contributed by atoms with E-state index in [1.54, 1.807) is 0 Å². The zero-order valence-corrected chi connectivity index (χ0v) is 11.2. The number of thioether (sulfide) groups is 1. The molecule has 0 atom stereocenters.